The van der Waals surface area contributed by atoms with Crippen LogP contribution in [0.25, 0.3) is 11.3 Å². The summed E-state index contributed by atoms with van der Waals surface area (Å²) >= 11 is 1.44. The minimum Gasteiger partial charge on any atom is -0.508 e. The van der Waals surface area contributed by atoms with Crippen LogP contribution >= 0.6 is 11.3 Å². The van der Waals surface area contributed by atoms with E-state index in [1.807, 2.05) is 35.7 Å². The minimum absolute atomic E-state index is 0.0966. The van der Waals surface area contributed by atoms with Crippen LogP contribution in [0.1, 0.15) is 0 Å². The summed E-state index contributed by atoms with van der Waals surface area (Å²) in [4.78, 5) is 4.41. The number of para-hydroxylation sites is 1. The first-order valence-electron chi connectivity index (χ1n) is 6.02. The molecule has 0 amide bonds. The van der Waals surface area contributed by atoms with Gasteiger partial charge >= 0.3 is 0 Å². The van der Waals surface area contributed by atoms with E-state index in [0.717, 1.165) is 10.8 Å². The largest absolute Gasteiger partial charge is 0.508 e. The quantitative estimate of drug-likeness (QED) is 0.637. The highest BCUT2D eigenvalue weighted by Gasteiger charge is 2.10. The van der Waals surface area contributed by atoms with Gasteiger partial charge in [0.2, 0.25) is 0 Å². The highest BCUT2D eigenvalue weighted by molar-refractivity contribution is 7.14. The molecule has 3 aromatic rings. The summed E-state index contributed by atoms with van der Waals surface area (Å²) in [7, 11) is 0. The SMILES string of the molecule is Oc1ccc(O)c(-c2csc(Nc3ccccc3)n2)c1. The van der Waals surface area contributed by atoms with Crippen molar-refractivity contribution < 1.29 is 10.2 Å². The molecule has 0 fully saturated rings. The first kappa shape index (κ1) is 12.5. The van der Waals surface area contributed by atoms with Gasteiger partial charge < -0.3 is 15.5 Å². The Bertz CT molecular complexity index is 726. The number of aromatic hydroxyl groups is 2. The molecule has 0 aliphatic rings. The predicted molar refractivity (Wildman–Crippen MR) is 80.6 cm³/mol. The highest BCUT2D eigenvalue weighted by Crippen LogP contribution is 2.34. The number of anilines is 2. The zero-order chi connectivity index (χ0) is 13.9. The Kier molecular flexibility index (Phi) is 3.26. The van der Waals surface area contributed by atoms with Crippen molar-refractivity contribution in [2.45, 2.75) is 0 Å². The zero-order valence-electron chi connectivity index (χ0n) is 10.4. The first-order valence-corrected chi connectivity index (χ1v) is 6.90. The Morgan fingerprint density at radius 1 is 1.00 bits per heavy atom. The fourth-order valence-electron chi connectivity index (χ4n) is 1.83. The molecule has 2 aromatic carbocycles. The molecule has 0 spiro atoms. The normalized spacial score (nSPS) is 10.4. The Morgan fingerprint density at radius 2 is 1.80 bits per heavy atom. The molecule has 0 unspecified atom stereocenters. The molecule has 5 heteroatoms. The third-order valence-corrected chi connectivity index (χ3v) is 3.54. The van der Waals surface area contributed by atoms with E-state index < -0.39 is 0 Å². The van der Waals surface area contributed by atoms with Crippen LogP contribution in [-0.2, 0) is 0 Å². The van der Waals surface area contributed by atoms with E-state index in [-0.39, 0.29) is 11.5 Å². The molecular weight excluding hydrogens is 272 g/mol. The van der Waals surface area contributed by atoms with E-state index >= 15 is 0 Å². The number of nitrogens with one attached hydrogen (secondary N) is 1. The van der Waals surface area contributed by atoms with Gasteiger partial charge in [0.15, 0.2) is 5.13 Å². The molecule has 4 nitrogen and oxygen atoms in total. The molecule has 1 heterocycles. The third-order valence-electron chi connectivity index (χ3n) is 2.79. The van der Waals surface area contributed by atoms with Crippen LogP contribution in [0.3, 0.4) is 0 Å². The Morgan fingerprint density at radius 3 is 2.60 bits per heavy atom. The van der Waals surface area contributed by atoms with Gasteiger partial charge in [-0.3, -0.25) is 0 Å². The minimum atomic E-state index is 0.0966. The van der Waals surface area contributed by atoms with Gasteiger partial charge in [0.1, 0.15) is 11.5 Å². The van der Waals surface area contributed by atoms with Crippen molar-refractivity contribution in [2.75, 3.05) is 5.32 Å². The topological polar surface area (TPSA) is 65.4 Å². The molecule has 3 N–H and O–H groups in total. The monoisotopic (exact) mass is 284 g/mol. The summed E-state index contributed by atoms with van der Waals surface area (Å²) < 4.78 is 0. The van der Waals surface area contributed by atoms with Crippen LogP contribution < -0.4 is 5.32 Å². The summed E-state index contributed by atoms with van der Waals surface area (Å²) in [5.74, 6) is 0.197. The van der Waals surface area contributed by atoms with Crippen LogP contribution in [0.15, 0.2) is 53.9 Å². The van der Waals surface area contributed by atoms with Crippen molar-refractivity contribution in [1.82, 2.24) is 4.98 Å². The fourth-order valence-corrected chi connectivity index (χ4v) is 2.56. The van der Waals surface area contributed by atoms with Crippen LogP contribution in [0.4, 0.5) is 10.8 Å². The summed E-state index contributed by atoms with van der Waals surface area (Å²) in [5.41, 5.74) is 2.10. The van der Waals surface area contributed by atoms with Gasteiger partial charge in [-0.25, -0.2) is 4.98 Å². The number of hydrogen-bond acceptors (Lipinski definition) is 5. The molecule has 3 rings (SSSR count). The second-order valence-electron chi connectivity index (χ2n) is 4.23. The van der Waals surface area contributed by atoms with Crippen LogP contribution in [0.5, 0.6) is 11.5 Å². The van der Waals surface area contributed by atoms with Gasteiger partial charge in [-0.15, -0.1) is 11.3 Å². The number of benzene rings is 2. The molecule has 20 heavy (non-hydrogen) atoms. The molecule has 0 bridgehead atoms. The van der Waals surface area contributed by atoms with E-state index in [1.165, 1.54) is 29.5 Å². The molecule has 100 valence electrons. The van der Waals surface area contributed by atoms with E-state index in [0.29, 0.717) is 11.3 Å². The Labute approximate surface area is 120 Å². The lowest BCUT2D eigenvalue weighted by atomic mass is 10.1. The van der Waals surface area contributed by atoms with E-state index in [1.54, 1.807) is 0 Å². The van der Waals surface area contributed by atoms with Gasteiger partial charge in [0.05, 0.1) is 5.69 Å². The number of hydrogen-bond donors (Lipinski definition) is 3. The molecule has 0 aliphatic heterocycles. The summed E-state index contributed by atoms with van der Waals surface area (Å²) in [6, 6.07) is 14.1. The lowest BCUT2D eigenvalue weighted by Gasteiger charge is -2.02. The van der Waals surface area contributed by atoms with Gasteiger partial charge in [-0.2, -0.15) is 0 Å². The van der Waals surface area contributed by atoms with Crippen molar-refractivity contribution >= 4 is 22.2 Å². The average molecular weight is 284 g/mol. The molecular formula is C15H12N2O2S. The highest BCUT2D eigenvalue weighted by atomic mass is 32.1. The third kappa shape index (κ3) is 2.57. The maximum atomic E-state index is 9.82. The molecule has 0 atom stereocenters. The lowest BCUT2D eigenvalue weighted by molar-refractivity contribution is 0.462. The van der Waals surface area contributed by atoms with Gasteiger partial charge in [-0.1, -0.05) is 18.2 Å². The number of thiazole rings is 1. The van der Waals surface area contributed by atoms with Gasteiger partial charge in [0.25, 0.3) is 0 Å². The van der Waals surface area contributed by atoms with Gasteiger partial charge in [0, 0.05) is 16.6 Å². The van der Waals surface area contributed by atoms with Crippen molar-refractivity contribution in [3.63, 3.8) is 0 Å². The Balaban J connectivity index is 1.88. The summed E-state index contributed by atoms with van der Waals surface area (Å²) in [5, 5.41) is 25.1. The summed E-state index contributed by atoms with van der Waals surface area (Å²) in [6.45, 7) is 0. The van der Waals surface area contributed by atoms with Crippen molar-refractivity contribution in [1.29, 1.82) is 0 Å². The fraction of sp³-hybridized carbons (Fsp3) is 0. The van der Waals surface area contributed by atoms with Crippen LogP contribution in [0.2, 0.25) is 0 Å². The average Bonchev–Trinajstić information content (AvgIpc) is 2.91. The second-order valence-corrected chi connectivity index (χ2v) is 5.09. The maximum absolute atomic E-state index is 9.82. The number of phenolic OH excluding ortho intramolecular Hbond substituents is 2. The summed E-state index contributed by atoms with van der Waals surface area (Å²) in [6.07, 6.45) is 0. The van der Waals surface area contributed by atoms with Crippen LogP contribution in [0, 0.1) is 0 Å². The maximum Gasteiger partial charge on any atom is 0.187 e. The predicted octanol–water partition coefficient (Wildman–Crippen LogP) is 3.96. The molecule has 0 radical (unpaired) electrons. The van der Waals surface area contributed by atoms with Gasteiger partial charge in [-0.05, 0) is 30.3 Å². The zero-order valence-corrected chi connectivity index (χ0v) is 11.3. The standard InChI is InChI=1S/C15H12N2O2S/c18-11-6-7-14(19)12(8-11)13-9-20-15(17-13)16-10-4-2-1-3-5-10/h1-9,18-19H,(H,16,17). The number of aromatic nitrogens is 1. The van der Waals surface area contributed by atoms with Crippen molar-refractivity contribution in [3.8, 4) is 22.8 Å². The number of phenols is 2. The second kappa shape index (κ2) is 5.22. The van der Waals surface area contributed by atoms with Crippen molar-refractivity contribution in [3.05, 3.63) is 53.9 Å². The van der Waals surface area contributed by atoms with E-state index in [2.05, 4.69) is 10.3 Å². The molecule has 1 aromatic heterocycles. The lowest BCUT2D eigenvalue weighted by Crippen LogP contribution is -1.88. The molecule has 0 aliphatic carbocycles. The van der Waals surface area contributed by atoms with E-state index in [9.17, 15) is 10.2 Å². The Hall–Kier alpha value is -2.53. The smallest absolute Gasteiger partial charge is 0.187 e. The number of rotatable bonds is 3. The van der Waals surface area contributed by atoms with Crippen molar-refractivity contribution in [2.24, 2.45) is 0 Å². The molecule has 0 saturated carbocycles. The van der Waals surface area contributed by atoms with Crippen LogP contribution in [-0.4, -0.2) is 15.2 Å². The first-order chi connectivity index (χ1) is 9.72. The molecule has 0 saturated heterocycles. The van der Waals surface area contributed by atoms with E-state index in [4.69, 9.17) is 0 Å². The number of nitrogens with zero attached hydrogens (tertiary/aromatic N) is 1.